The van der Waals surface area contributed by atoms with E-state index in [0.717, 1.165) is 36.3 Å². The van der Waals surface area contributed by atoms with Gasteiger partial charge in [-0.1, -0.05) is 57.0 Å². The Labute approximate surface area is 186 Å². The molecule has 1 aromatic rings. The van der Waals surface area contributed by atoms with Crippen LogP contribution in [0.5, 0.6) is 0 Å². The molecule has 0 aliphatic heterocycles. The number of nitrogens with one attached hydrogen (secondary N) is 1. The standard InChI is InChI=1S/C27H37N3O/c1-26-14-7-6-10-20(26)11-12-21-22(26)13-15-27(2)23(21)17-19(24(27)29-30-25(28)31)16-18-8-4-3-5-9-18/h3-5,8-9,16,20-23H,6-7,10-15,17H2,1-2H3,(H3,28,30,31)/b19-16+,29-24+/t20-,21+,22-,23-,26+,27+/m1/s1. The Bertz CT molecular complexity index is 906. The minimum Gasteiger partial charge on any atom is -0.350 e. The predicted octanol–water partition coefficient (Wildman–Crippen LogP) is 6.14. The van der Waals surface area contributed by atoms with Gasteiger partial charge in [-0.05, 0) is 91.2 Å². The third-order valence-electron chi connectivity index (χ3n) is 9.68. The van der Waals surface area contributed by atoms with Crippen molar-refractivity contribution >= 4 is 17.8 Å². The molecule has 4 aliphatic carbocycles. The molecule has 0 heterocycles. The molecule has 0 aromatic heterocycles. The van der Waals surface area contributed by atoms with Crippen LogP contribution in [0.3, 0.4) is 0 Å². The number of amides is 2. The van der Waals surface area contributed by atoms with E-state index in [0.29, 0.717) is 11.3 Å². The van der Waals surface area contributed by atoms with Crippen molar-refractivity contribution in [3.63, 3.8) is 0 Å². The summed E-state index contributed by atoms with van der Waals surface area (Å²) in [5, 5.41) is 4.62. The molecule has 2 amide bonds. The summed E-state index contributed by atoms with van der Waals surface area (Å²) in [6.45, 7) is 5.02. The smallest absolute Gasteiger partial charge is 0.332 e. The van der Waals surface area contributed by atoms with Crippen LogP contribution in [-0.2, 0) is 0 Å². The lowest BCUT2D eigenvalue weighted by atomic mass is 9.45. The van der Waals surface area contributed by atoms with E-state index >= 15 is 0 Å². The van der Waals surface area contributed by atoms with Crippen LogP contribution in [0, 0.1) is 34.5 Å². The maximum atomic E-state index is 11.5. The highest BCUT2D eigenvalue weighted by atomic mass is 16.2. The lowest BCUT2D eigenvalue weighted by Gasteiger charge is -2.59. The summed E-state index contributed by atoms with van der Waals surface area (Å²) >= 11 is 0. The first-order valence-corrected chi connectivity index (χ1v) is 12.3. The lowest BCUT2D eigenvalue weighted by molar-refractivity contribution is -0.0931. The Hall–Kier alpha value is -2.10. The Morgan fingerprint density at radius 2 is 1.87 bits per heavy atom. The fraction of sp³-hybridized carbons (Fsp3) is 0.630. The van der Waals surface area contributed by atoms with Crippen molar-refractivity contribution in [2.45, 2.75) is 71.6 Å². The quantitative estimate of drug-likeness (QED) is 0.556. The minimum atomic E-state index is -0.581. The van der Waals surface area contributed by atoms with Gasteiger partial charge in [0.1, 0.15) is 0 Å². The molecule has 0 radical (unpaired) electrons. The minimum absolute atomic E-state index is 0.0160. The van der Waals surface area contributed by atoms with Crippen LogP contribution in [0.25, 0.3) is 6.08 Å². The number of hydrogen-bond acceptors (Lipinski definition) is 2. The van der Waals surface area contributed by atoms with Crippen LogP contribution >= 0.6 is 0 Å². The summed E-state index contributed by atoms with van der Waals surface area (Å²) in [6, 6.07) is 9.92. The van der Waals surface area contributed by atoms with Crippen LogP contribution in [0.15, 0.2) is 41.0 Å². The highest BCUT2D eigenvalue weighted by Crippen LogP contribution is 2.66. The summed E-state index contributed by atoms with van der Waals surface area (Å²) in [4.78, 5) is 11.5. The molecule has 3 N–H and O–H groups in total. The van der Waals surface area contributed by atoms with E-state index in [2.05, 4.69) is 60.8 Å². The number of allylic oxidation sites excluding steroid dienone is 1. The topological polar surface area (TPSA) is 67.5 Å². The van der Waals surface area contributed by atoms with Crippen LogP contribution in [0.1, 0.15) is 77.2 Å². The molecule has 4 nitrogen and oxygen atoms in total. The van der Waals surface area contributed by atoms with Crippen molar-refractivity contribution in [2.24, 2.45) is 45.3 Å². The monoisotopic (exact) mass is 419 g/mol. The molecule has 0 saturated heterocycles. The second-order valence-corrected chi connectivity index (χ2v) is 11.1. The number of carbonyl (C=O) groups is 1. The van der Waals surface area contributed by atoms with Crippen molar-refractivity contribution < 1.29 is 4.79 Å². The van der Waals surface area contributed by atoms with Gasteiger partial charge in [0.05, 0.1) is 5.71 Å². The number of carbonyl (C=O) groups excluding carboxylic acids is 1. The van der Waals surface area contributed by atoms with Crippen molar-refractivity contribution in [2.75, 3.05) is 0 Å². The van der Waals surface area contributed by atoms with Crippen LogP contribution < -0.4 is 11.2 Å². The fourth-order valence-corrected chi connectivity index (χ4v) is 8.17. The second-order valence-electron chi connectivity index (χ2n) is 11.1. The predicted molar refractivity (Wildman–Crippen MR) is 126 cm³/mol. The molecule has 4 aliphatic rings. The average Bonchev–Trinajstić information content (AvgIpc) is 3.03. The van der Waals surface area contributed by atoms with Gasteiger partial charge in [-0.15, -0.1) is 0 Å². The second kappa shape index (κ2) is 7.79. The van der Waals surface area contributed by atoms with E-state index in [-0.39, 0.29) is 5.41 Å². The van der Waals surface area contributed by atoms with Gasteiger partial charge in [-0.3, -0.25) is 0 Å². The van der Waals surface area contributed by atoms with E-state index in [1.165, 1.54) is 56.1 Å². The van der Waals surface area contributed by atoms with Gasteiger partial charge in [0.15, 0.2) is 0 Å². The van der Waals surface area contributed by atoms with Crippen molar-refractivity contribution in [3.05, 3.63) is 41.5 Å². The lowest BCUT2D eigenvalue weighted by Crippen LogP contribution is -2.52. The van der Waals surface area contributed by atoms with Crippen LogP contribution in [-0.4, -0.2) is 11.7 Å². The molecule has 5 rings (SSSR count). The number of urea groups is 1. The number of fused-ring (bicyclic) bond motifs is 5. The summed E-state index contributed by atoms with van der Waals surface area (Å²) in [5.41, 5.74) is 12.1. The molecule has 4 fully saturated rings. The molecule has 4 saturated carbocycles. The van der Waals surface area contributed by atoms with Gasteiger partial charge in [0, 0.05) is 5.41 Å². The average molecular weight is 420 g/mol. The Morgan fingerprint density at radius 3 is 2.65 bits per heavy atom. The third-order valence-corrected chi connectivity index (χ3v) is 9.68. The molecule has 0 unspecified atom stereocenters. The van der Waals surface area contributed by atoms with E-state index in [1.54, 1.807) is 0 Å². The van der Waals surface area contributed by atoms with Gasteiger partial charge in [-0.25, -0.2) is 10.2 Å². The Morgan fingerprint density at radius 1 is 1.06 bits per heavy atom. The van der Waals surface area contributed by atoms with Crippen molar-refractivity contribution in [3.8, 4) is 0 Å². The van der Waals surface area contributed by atoms with Crippen LogP contribution in [0.4, 0.5) is 4.79 Å². The number of nitrogens with two attached hydrogens (primary N) is 1. The van der Waals surface area contributed by atoms with Gasteiger partial charge < -0.3 is 5.73 Å². The summed E-state index contributed by atoms with van der Waals surface area (Å²) < 4.78 is 0. The first-order valence-electron chi connectivity index (χ1n) is 12.3. The van der Waals surface area contributed by atoms with Gasteiger partial charge in [0.25, 0.3) is 0 Å². The van der Waals surface area contributed by atoms with Gasteiger partial charge in [0.2, 0.25) is 0 Å². The van der Waals surface area contributed by atoms with Crippen molar-refractivity contribution in [1.82, 2.24) is 5.43 Å². The zero-order valence-corrected chi connectivity index (χ0v) is 19.1. The molecular weight excluding hydrogens is 382 g/mol. The molecule has 0 bridgehead atoms. The maximum absolute atomic E-state index is 11.5. The zero-order chi connectivity index (χ0) is 21.6. The zero-order valence-electron chi connectivity index (χ0n) is 19.1. The number of primary amides is 1. The molecule has 31 heavy (non-hydrogen) atoms. The molecule has 6 atom stereocenters. The Kier molecular flexibility index (Phi) is 5.22. The van der Waals surface area contributed by atoms with E-state index < -0.39 is 6.03 Å². The normalized spacial score (nSPS) is 42.0. The number of hydrogen-bond donors (Lipinski definition) is 2. The fourth-order valence-electron chi connectivity index (χ4n) is 8.17. The van der Waals surface area contributed by atoms with Crippen LogP contribution in [0.2, 0.25) is 0 Å². The van der Waals surface area contributed by atoms with E-state index in [4.69, 9.17) is 5.73 Å². The van der Waals surface area contributed by atoms with E-state index in [1.807, 2.05) is 0 Å². The molecule has 1 aromatic carbocycles. The summed E-state index contributed by atoms with van der Waals surface area (Å²) in [7, 11) is 0. The Balaban J connectivity index is 1.52. The SMILES string of the molecule is C[C@]12CCCC[C@@H]1CC[C@H]1[C@H]2CC[C@]2(C)C(=N/NC(N)=O)/C(=C/c3ccccc3)C[C@H]12. The summed E-state index contributed by atoms with van der Waals surface area (Å²) in [6.07, 6.45) is 14.3. The van der Waals surface area contributed by atoms with E-state index in [9.17, 15) is 4.79 Å². The number of nitrogens with zero attached hydrogens (tertiary/aromatic N) is 1. The highest BCUT2D eigenvalue weighted by molar-refractivity contribution is 6.10. The van der Waals surface area contributed by atoms with Crippen molar-refractivity contribution in [1.29, 1.82) is 0 Å². The molecular formula is C27H37N3O. The molecule has 4 heteroatoms. The summed E-state index contributed by atoms with van der Waals surface area (Å²) in [5.74, 6) is 3.14. The first kappa shape index (κ1) is 20.8. The number of benzene rings is 1. The number of rotatable bonds is 2. The number of hydrazone groups is 1. The third kappa shape index (κ3) is 3.43. The molecule has 166 valence electrons. The van der Waals surface area contributed by atoms with Gasteiger partial charge in [-0.2, -0.15) is 5.10 Å². The maximum Gasteiger partial charge on any atom is 0.332 e. The molecule has 0 spiro atoms. The highest BCUT2D eigenvalue weighted by Gasteiger charge is 2.60. The largest absolute Gasteiger partial charge is 0.350 e. The first-order chi connectivity index (χ1) is 14.9. The van der Waals surface area contributed by atoms with Gasteiger partial charge >= 0.3 is 6.03 Å².